The molecule has 0 aliphatic rings. The van der Waals surface area contributed by atoms with Crippen molar-refractivity contribution in [2.24, 2.45) is 15.7 Å². The smallest absolute Gasteiger partial charge is 0.320 e. The molecular weight excluding hydrogens is 496 g/mol. The molecule has 194 valence electrons. The second-order valence-electron chi connectivity index (χ2n) is 8.29. The van der Waals surface area contributed by atoms with Crippen molar-refractivity contribution in [3.05, 3.63) is 74.0 Å². The standard InChI is InChI=1S/C26H29ClN6O4/c1-13-9-17(16(4)31-20-7-8-21(27)32-22(20)26(30-6)33-36-12-34)25-18(10-13)23(35)14(2)24(37-25)19(11-28)15(3)29-5/h7-12,16,31H,28H2,1-6H3,(H,30,33)/b19-11+,29-15?. The monoisotopic (exact) mass is 524 g/mol. The molecule has 3 rings (SSSR count). The molecule has 1 aromatic carbocycles. The number of aromatic nitrogens is 1. The molecule has 0 fully saturated rings. The third-order valence-electron chi connectivity index (χ3n) is 5.88. The van der Waals surface area contributed by atoms with E-state index in [4.69, 9.17) is 21.8 Å². The fourth-order valence-electron chi connectivity index (χ4n) is 3.95. The number of allylic oxidation sites excluding steroid dienone is 1. The number of fused-ring (bicyclic) bond motifs is 1. The highest BCUT2D eigenvalue weighted by Gasteiger charge is 2.22. The van der Waals surface area contributed by atoms with E-state index >= 15 is 0 Å². The second kappa shape index (κ2) is 11.7. The van der Waals surface area contributed by atoms with Crippen LogP contribution in [-0.2, 0) is 9.63 Å². The van der Waals surface area contributed by atoms with Crippen molar-refractivity contribution in [1.82, 2.24) is 10.5 Å². The second-order valence-corrected chi connectivity index (χ2v) is 8.68. The minimum atomic E-state index is -0.362. The van der Waals surface area contributed by atoms with Gasteiger partial charge in [-0.05, 0) is 51.5 Å². The van der Waals surface area contributed by atoms with Gasteiger partial charge in [-0.2, -0.15) is 5.48 Å². The fourth-order valence-corrected chi connectivity index (χ4v) is 4.10. The average Bonchev–Trinajstić information content (AvgIpc) is 2.88. The van der Waals surface area contributed by atoms with Crippen LogP contribution in [0.4, 0.5) is 5.69 Å². The minimum Gasteiger partial charge on any atom is -0.455 e. The number of nitrogens with two attached hydrogens (primary N) is 1. The lowest BCUT2D eigenvalue weighted by atomic mass is 9.98. The van der Waals surface area contributed by atoms with Crippen LogP contribution in [0.25, 0.3) is 16.5 Å². The molecule has 3 aromatic rings. The van der Waals surface area contributed by atoms with Crippen LogP contribution < -0.4 is 22.0 Å². The van der Waals surface area contributed by atoms with Gasteiger partial charge in [-0.3, -0.25) is 19.6 Å². The normalized spacial score (nSPS) is 13.4. The van der Waals surface area contributed by atoms with Gasteiger partial charge in [0.05, 0.1) is 22.7 Å². The van der Waals surface area contributed by atoms with Gasteiger partial charge in [0.1, 0.15) is 22.2 Å². The first-order valence-corrected chi connectivity index (χ1v) is 11.7. The fraction of sp³-hybridized carbons (Fsp3) is 0.269. The van der Waals surface area contributed by atoms with Crippen molar-refractivity contribution in [2.45, 2.75) is 33.7 Å². The van der Waals surface area contributed by atoms with E-state index in [1.165, 1.54) is 13.2 Å². The molecule has 37 heavy (non-hydrogen) atoms. The van der Waals surface area contributed by atoms with Gasteiger partial charge in [-0.15, -0.1) is 0 Å². The van der Waals surface area contributed by atoms with Crippen LogP contribution in [0.2, 0.25) is 5.15 Å². The Morgan fingerprint density at radius 1 is 1.24 bits per heavy atom. The molecule has 4 N–H and O–H groups in total. The number of amidine groups is 1. The summed E-state index contributed by atoms with van der Waals surface area (Å²) in [6.45, 7) is 7.58. The Labute approximate surface area is 219 Å². The number of hydrogen-bond acceptors (Lipinski definition) is 9. The molecule has 0 aliphatic carbocycles. The Bertz CT molecular complexity index is 1490. The van der Waals surface area contributed by atoms with Crippen LogP contribution in [0.3, 0.4) is 0 Å². The highest BCUT2D eigenvalue weighted by atomic mass is 35.5. The van der Waals surface area contributed by atoms with E-state index in [-0.39, 0.29) is 28.9 Å². The Morgan fingerprint density at radius 3 is 2.59 bits per heavy atom. The molecule has 11 heteroatoms. The Kier molecular flexibility index (Phi) is 8.67. The summed E-state index contributed by atoms with van der Waals surface area (Å²) >= 11 is 6.13. The quantitative estimate of drug-likeness (QED) is 0.131. The van der Waals surface area contributed by atoms with Crippen molar-refractivity contribution < 1.29 is 14.0 Å². The van der Waals surface area contributed by atoms with E-state index in [0.29, 0.717) is 45.0 Å². The number of hydroxylamine groups is 1. The number of aryl methyl sites for hydroxylation is 1. The summed E-state index contributed by atoms with van der Waals surface area (Å²) in [6, 6.07) is 6.74. The molecule has 1 unspecified atom stereocenters. The van der Waals surface area contributed by atoms with Crippen LogP contribution in [0.5, 0.6) is 0 Å². The molecule has 0 radical (unpaired) electrons. The van der Waals surface area contributed by atoms with Crippen molar-refractivity contribution in [2.75, 3.05) is 19.4 Å². The summed E-state index contributed by atoms with van der Waals surface area (Å²) in [6.07, 6.45) is 1.39. The molecule has 1 atom stereocenters. The number of pyridine rings is 1. The molecular formula is C26H29ClN6O4. The van der Waals surface area contributed by atoms with Gasteiger partial charge < -0.3 is 20.3 Å². The molecule has 0 aliphatic heterocycles. The maximum Gasteiger partial charge on any atom is 0.320 e. The maximum atomic E-state index is 13.4. The van der Waals surface area contributed by atoms with E-state index in [9.17, 15) is 9.59 Å². The Hall–Kier alpha value is -4.18. The number of aliphatic imine (C=N–C) groups is 2. The summed E-state index contributed by atoms with van der Waals surface area (Å²) < 4.78 is 6.36. The summed E-state index contributed by atoms with van der Waals surface area (Å²) in [5, 5.41) is 4.07. The zero-order valence-electron chi connectivity index (χ0n) is 21.5. The average molecular weight is 525 g/mol. The number of nitrogens with one attached hydrogen (secondary N) is 2. The third-order valence-corrected chi connectivity index (χ3v) is 6.09. The van der Waals surface area contributed by atoms with Crippen LogP contribution in [0.1, 0.15) is 48.0 Å². The predicted molar refractivity (Wildman–Crippen MR) is 147 cm³/mol. The number of carbonyl (C=O) groups excluding carboxylic acids is 1. The summed E-state index contributed by atoms with van der Waals surface area (Å²) in [4.78, 5) is 41.4. The van der Waals surface area contributed by atoms with Crippen molar-refractivity contribution in [1.29, 1.82) is 0 Å². The lowest BCUT2D eigenvalue weighted by Gasteiger charge is -2.21. The highest BCUT2D eigenvalue weighted by Crippen LogP contribution is 2.31. The zero-order chi connectivity index (χ0) is 27.3. The summed E-state index contributed by atoms with van der Waals surface area (Å²) in [7, 11) is 3.16. The SMILES string of the molecule is CN=C(C)/C(=C\N)c1oc2c(C(C)Nc3ccc(Cl)nc3C(=NC)NOC=O)cc(C)cc2c(=O)c1C. The van der Waals surface area contributed by atoms with Crippen molar-refractivity contribution in [3.8, 4) is 0 Å². The molecule has 10 nitrogen and oxygen atoms in total. The number of anilines is 1. The van der Waals surface area contributed by atoms with Crippen LogP contribution in [0.15, 0.2) is 49.7 Å². The number of nitrogens with zero attached hydrogens (tertiary/aromatic N) is 3. The third kappa shape index (κ3) is 5.64. The molecule has 0 saturated carbocycles. The first-order chi connectivity index (χ1) is 17.7. The predicted octanol–water partition coefficient (Wildman–Crippen LogP) is 4.08. The van der Waals surface area contributed by atoms with Gasteiger partial charge >= 0.3 is 6.47 Å². The number of hydrogen-bond donors (Lipinski definition) is 3. The van der Waals surface area contributed by atoms with Crippen LogP contribution in [-0.4, -0.2) is 37.1 Å². The molecule has 2 aromatic heterocycles. The topological polar surface area (TPSA) is 144 Å². The first-order valence-electron chi connectivity index (χ1n) is 11.4. The van der Waals surface area contributed by atoms with Gasteiger partial charge in [-0.1, -0.05) is 17.7 Å². The van der Waals surface area contributed by atoms with Gasteiger partial charge in [0.15, 0.2) is 11.3 Å². The van der Waals surface area contributed by atoms with E-state index in [1.54, 1.807) is 39.1 Å². The maximum absolute atomic E-state index is 13.4. The molecule has 0 amide bonds. The number of carbonyl (C=O) groups is 1. The number of halogens is 1. The van der Waals surface area contributed by atoms with E-state index in [2.05, 4.69) is 30.6 Å². The van der Waals surface area contributed by atoms with E-state index in [1.807, 2.05) is 19.9 Å². The highest BCUT2D eigenvalue weighted by molar-refractivity contribution is 6.29. The zero-order valence-corrected chi connectivity index (χ0v) is 22.2. The molecule has 0 spiro atoms. The first kappa shape index (κ1) is 27.4. The Balaban J connectivity index is 2.19. The number of benzene rings is 1. The lowest BCUT2D eigenvalue weighted by Crippen LogP contribution is -2.27. The van der Waals surface area contributed by atoms with E-state index in [0.717, 1.165) is 11.1 Å². The molecule has 0 bridgehead atoms. The molecule has 0 saturated heterocycles. The van der Waals surface area contributed by atoms with Crippen LogP contribution in [0, 0.1) is 13.8 Å². The molecule has 2 heterocycles. The summed E-state index contributed by atoms with van der Waals surface area (Å²) in [5.74, 6) is 0.555. The lowest BCUT2D eigenvalue weighted by molar-refractivity contribution is -0.132. The van der Waals surface area contributed by atoms with E-state index < -0.39 is 0 Å². The van der Waals surface area contributed by atoms with Crippen molar-refractivity contribution in [3.63, 3.8) is 0 Å². The van der Waals surface area contributed by atoms with Crippen LogP contribution >= 0.6 is 11.6 Å². The summed E-state index contributed by atoms with van der Waals surface area (Å²) in [5.41, 5.74) is 12.8. The van der Waals surface area contributed by atoms with Gasteiger partial charge in [0.2, 0.25) is 0 Å². The number of rotatable bonds is 8. The Morgan fingerprint density at radius 2 is 1.97 bits per heavy atom. The van der Waals surface area contributed by atoms with Gasteiger partial charge in [-0.25, -0.2) is 4.98 Å². The largest absolute Gasteiger partial charge is 0.455 e. The van der Waals surface area contributed by atoms with Gasteiger partial charge in [0, 0.05) is 37.1 Å². The van der Waals surface area contributed by atoms with Gasteiger partial charge in [0.25, 0.3) is 0 Å². The van der Waals surface area contributed by atoms with Crippen molar-refractivity contribution >= 4 is 51.9 Å². The minimum absolute atomic E-state index is 0.152.